The van der Waals surface area contributed by atoms with Crippen LogP contribution in [-0.4, -0.2) is 39.7 Å². The summed E-state index contributed by atoms with van der Waals surface area (Å²) in [6.07, 6.45) is 2.37. The van der Waals surface area contributed by atoms with E-state index in [0.29, 0.717) is 12.8 Å². The first-order valence-corrected chi connectivity index (χ1v) is 8.76. The molecule has 2 fully saturated rings. The van der Waals surface area contributed by atoms with E-state index in [-0.39, 0.29) is 35.7 Å². The summed E-state index contributed by atoms with van der Waals surface area (Å²) in [6, 6.07) is 3.39. The lowest BCUT2D eigenvalue weighted by Gasteiger charge is -2.39. The zero-order chi connectivity index (χ0) is 19.1. The number of carbonyl (C=O) groups excluding carboxylic acids is 1. The van der Waals surface area contributed by atoms with Crippen molar-refractivity contribution in [1.82, 2.24) is 4.90 Å². The summed E-state index contributed by atoms with van der Waals surface area (Å²) in [7, 11) is 0. The Hall–Kier alpha value is -2.38. The molecule has 2 heterocycles. The highest BCUT2D eigenvalue weighted by Gasteiger charge is 2.45. The maximum absolute atomic E-state index is 14.1. The van der Waals surface area contributed by atoms with Crippen LogP contribution in [0.5, 0.6) is 5.75 Å². The predicted molar refractivity (Wildman–Crippen MR) is 91.6 cm³/mol. The van der Waals surface area contributed by atoms with Crippen LogP contribution in [0, 0.1) is 15.9 Å². The van der Waals surface area contributed by atoms with Gasteiger partial charge in [-0.1, -0.05) is 0 Å². The van der Waals surface area contributed by atoms with Gasteiger partial charge in [0.05, 0.1) is 11.0 Å². The molecule has 1 aromatic carbocycles. The highest BCUT2D eigenvalue weighted by atomic mass is 19.1. The molecule has 2 aliphatic heterocycles. The maximum atomic E-state index is 14.1. The summed E-state index contributed by atoms with van der Waals surface area (Å²) in [6.45, 7) is 5.50. The van der Waals surface area contributed by atoms with Crippen molar-refractivity contribution in [1.29, 1.82) is 0 Å². The SMILES string of the molecule is CC(C)(C)OC(=O)N1C2CCC1CC(Oc1ccc([N+](=O)[O-])cc1F)C2. The second-order valence-electron chi connectivity index (χ2n) is 7.86. The van der Waals surface area contributed by atoms with Crippen LogP contribution in [-0.2, 0) is 4.74 Å². The summed E-state index contributed by atoms with van der Waals surface area (Å²) in [5, 5.41) is 10.7. The Kier molecular flexibility index (Phi) is 4.77. The summed E-state index contributed by atoms with van der Waals surface area (Å²) >= 11 is 0. The van der Waals surface area contributed by atoms with Crippen molar-refractivity contribution in [3.8, 4) is 5.75 Å². The molecule has 1 aromatic rings. The zero-order valence-corrected chi connectivity index (χ0v) is 15.1. The van der Waals surface area contributed by atoms with Gasteiger partial charge in [-0.05, 0) is 39.7 Å². The number of amides is 1. The molecule has 3 rings (SSSR count). The van der Waals surface area contributed by atoms with Gasteiger partial charge in [-0.25, -0.2) is 9.18 Å². The van der Waals surface area contributed by atoms with Crippen molar-refractivity contribution in [2.75, 3.05) is 0 Å². The number of hydrogen-bond donors (Lipinski definition) is 0. The van der Waals surface area contributed by atoms with E-state index in [0.717, 1.165) is 18.9 Å². The van der Waals surface area contributed by atoms with Crippen LogP contribution in [0.1, 0.15) is 46.5 Å². The summed E-state index contributed by atoms with van der Waals surface area (Å²) in [4.78, 5) is 24.3. The van der Waals surface area contributed by atoms with Gasteiger partial charge in [0, 0.05) is 31.0 Å². The topological polar surface area (TPSA) is 81.9 Å². The largest absolute Gasteiger partial charge is 0.487 e. The van der Waals surface area contributed by atoms with Gasteiger partial charge in [0.2, 0.25) is 0 Å². The van der Waals surface area contributed by atoms with E-state index < -0.39 is 16.3 Å². The van der Waals surface area contributed by atoms with Gasteiger partial charge in [-0.3, -0.25) is 10.1 Å². The van der Waals surface area contributed by atoms with E-state index in [1.54, 1.807) is 4.90 Å². The van der Waals surface area contributed by atoms with E-state index in [1.165, 1.54) is 12.1 Å². The molecule has 2 aliphatic rings. The first kappa shape index (κ1) is 18.4. The van der Waals surface area contributed by atoms with Crippen molar-refractivity contribution >= 4 is 11.8 Å². The fourth-order valence-corrected chi connectivity index (χ4v) is 3.71. The van der Waals surface area contributed by atoms with Gasteiger partial charge in [-0.15, -0.1) is 0 Å². The summed E-state index contributed by atoms with van der Waals surface area (Å²) < 4.78 is 25.3. The number of non-ortho nitro benzene ring substituents is 1. The molecule has 142 valence electrons. The van der Waals surface area contributed by atoms with E-state index in [2.05, 4.69) is 0 Å². The number of nitro groups is 1. The van der Waals surface area contributed by atoms with E-state index >= 15 is 0 Å². The van der Waals surface area contributed by atoms with Crippen LogP contribution in [0.3, 0.4) is 0 Å². The van der Waals surface area contributed by atoms with E-state index in [1.807, 2.05) is 20.8 Å². The second-order valence-corrected chi connectivity index (χ2v) is 7.86. The minimum atomic E-state index is -0.749. The Balaban J connectivity index is 1.66. The zero-order valence-electron chi connectivity index (χ0n) is 15.1. The lowest BCUT2D eigenvalue weighted by atomic mass is 10.00. The number of piperidine rings is 1. The smallest absolute Gasteiger partial charge is 0.410 e. The molecule has 0 N–H and O–H groups in total. The molecule has 1 amide bonds. The van der Waals surface area contributed by atoms with Gasteiger partial charge < -0.3 is 14.4 Å². The van der Waals surface area contributed by atoms with Gasteiger partial charge in [-0.2, -0.15) is 0 Å². The number of halogens is 1. The molecule has 0 radical (unpaired) electrons. The average Bonchev–Trinajstić information content (AvgIpc) is 2.79. The Morgan fingerprint density at radius 1 is 1.27 bits per heavy atom. The van der Waals surface area contributed by atoms with Crippen LogP contribution in [0.2, 0.25) is 0 Å². The quantitative estimate of drug-likeness (QED) is 0.595. The van der Waals surface area contributed by atoms with Crippen LogP contribution in [0.15, 0.2) is 18.2 Å². The van der Waals surface area contributed by atoms with Gasteiger partial charge in [0.1, 0.15) is 11.7 Å². The molecule has 2 bridgehead atoms. The average molecular weight is 366 g/mol. The van der Waals surface area contributed by atoms with Gasteiger partial charge in [0.15, 0.2) is 11.6 Å². The fraction of sp³-hybridized carbons (Fsp3) is 0.611. The van der Waals surface area contributed by atoms with Crippen LogP contribution in [0.25, 0.3) is 0 Å². The Bertz CT molecular complexity index is 704. The Morgan fingerprint density at radius 2 is 1.88 bits per heavy atom. The van der Waals surface area contributed by atoms with Crippen LogP contribution in [0.4, 0.5) is 14.9 Å². The third-order valence-electron chi connectivity index (χ3n) is 4.71. The van der Waals surface area contributed by atoms with Crippen molar-refractivity contribution in [3.63, 3.8) is 0 Å². The lowest BCUT2D eigenvalue weighted by Crippen LogP contribution is -2.50. The molecule has 2 unspecified atom stereocenters. The standard InChI is InChI=1S/C18H23FN2O5/c1-18(2,3)26-17(22)20-11-4-5-12(20)9-14(8-11)25-16-7-6-13(21(23)24)10-15(16)19/h6-7,10-12,14H,4-5,8-9H2,1-3H3. The van der Waals surface area contributed by atoms with E-state index in [9.17, 15) is 19.3 Å². The molecule has 26 heavy (non-hydrogen) atoms. The number of hydrogen-bond acceptors (Lipinski definition) is 5. The molecule has 8 heteroatoms. The van der Waals surface area contributed by atoms with Gasteiger partial charge in [0.25, 0.3) is 5.69 Å². The third-order valence-corrected chi connectivity index (χ3v) is 4.71. The number of fused-ring (bicyclic) bond motifs is 2. The number of ether oxygens (including phenoxy) is 2. The maximum Gasteiger partial charge on any atom is 0.410 e. The molecule has 0 aliphatic carbocycles. The normalized spacial score (nSPS) is 25.1. The molecule has 0 aromatic heterocycles. The number of benzene rings is 1. The van der Waals surface area contributed by atoms with Crippen molar-refractivity contribution in [3.05, 3.63) is 34.1 Å². The molecule has 0 spiro atoms. The second kappa shape index (κ2) is 6.74. The first-order valence-electron chi connectivity index (χ1n) is 8.76. The molecule has 7 nitrogen and oxygen atoms in total. The molecular weight excluding hydrogens is 343 g/mol. The van der Waals surface area contributed by atoms with Crippen LogP contribution < -0.4 is 4.74 Å². The highest BCUT2D eigenvalue weighted by molar-refractivity contribution is 5.69. The monoisotopic (exact) mass is 366 g/mol. The number of nitro benzene ring substituents is 1. The van der Waals surface area contributed by atoms with Crippen molar-refractivity contribution in [2.45, 2.75) is 70.2 Å². The molecule has 2 atom stereocenters. The van der Waals surface area contributed by atoms with Crippen LogP contribution >= 0.6 is 0 Å². The molecular formula is C18H23FN2O5. The number of carbonyl (C=O) groups is 1. The minimum absolute atomic E-state index is 0.00529. The third kappa shape index (κ3) is 3.89. The minimum Gasteiger partial charge on any atom is -0.487 e. The fourth-order valence-electron chi connectivity index (χ4n) is 3.71. The summed E-state index contributed by atoms with van der Waals surface area (Å²) in [5.41, 5.74) is -0.860. The Morgan fingerprint density at radius 3 is 2.38 bits per heavy atom. The Labute approximate surface area is 151 Å². The predicted octanol–water partition coefficient (Wildman–Crippen LogP) is 4.04. The molecule has 2 saturated heterocycles. The van der Waals surface area contributed by atoms with Crippen molar-refractivity contribution < 1.29 is 23.6 Å². The highest BCUT2D eigenvalue weighted by Crippen LogP contribution is 2.38. The van der Waals surface area contributed by atoms with Crippen molar-refractivity contribution in [2.24, 2.45) is 0 Å². The number of nitrogens with zero attached hydrogens (tertiary/aromatic N) is 2. The number of rotatable bonds is 3. The lowest BCUT2D eigenvalue weighted by molar-refractivity contribution is -0.385. The van der Waals surface area contributed by atoms with Gasteiger partial charge >= 0.3 is 6.09 Å². The first-order chi connectivity index (χ1) is 12.1. The molecule has 0 saturated carbocycles. The van der Waals surface area contributed by atoms with E-state index in [4.69, 9.17) is 9.47 Å². The summed E-state index contributed by atoms with van der Waals surface area (Å²) in [5.74, 6) is -0.744.